The Balaban J connectivity index is 3.19. The lowest BCUT2D eigenvalue weighted by Gasteiger charge is -2.11. The first-order valence-corrected chi connectivity index (χ1v) is 6.13. The minimum absolute atomic E-state index is 0.111. The van der Waals surface area contributed by atoms with E-state index in [1.165, 1.54) is 12.1 Å². The number of carbonyl (C=O) groups is 2. The SMILES string of the molecule is CC(Br)C(=O)c1ccc(S)c(C(O)C(=O)O)c1. The van der Waals surface area contributed by atoms with Crippen LogP contribution in [0, 0.1) is 0 Å². The molecule has 2 unspecified atom stereocenters. The number of Topliss-reactive ketones (excluding diaryl/α,β-unsaturated/α-hetero) is 1. The Kier molecular flexibility index (Phi) is 4.73. The van der Waals surface area contributed by atoms with Crippen molar-refractivity contribution in [2.45, 2.75) is 22.8 Å². The van der Waals surface area contributed by atoms with E-state index in [0.29, 0.717) is 10.5 Å². The number of benzene rings is 1. The standard InChI is InChI=1S/C11H11BrO4S/c1-5(12)9(13)6-2-3-8(17)7(4-6)10(14)11(15)16/h2-5,10,14,17H,1H3,(H,15,16). The Morgan fingerprint density at radius 1 is 1.41 bits per heavy atom. The third kappa shape index (κ3) is 3.31. The molecule has 1 rings (SSSR count). The number of carbonyl (C=O) groups excluding carboxylic acids is 1. The molecule has 0 aromatic heterocycles. The van der Waals surface area contributed by atoms with Gasteiger partial charge in [0.05, 0.1) is 4.83 Å². The topological polar surface area (TPSA) is 74.6 Å². The number of hydrogen-bond donors (Lipinski definition) is 3. The average Bonchev–Trinajstić information content (AvgIpc) is 2.27. The minimum atomic E-state index is -1.68. The van der Waals surface area contributed by atoms with Crippen molar-refractivity contribution in [2.75, 3.05) is 0 Å². The van der Waals surface area contributed by atoms with Crippen molar-refractivity contribution in [1.29, 1.82) is 0 Å². The Labute approximate surface area is 112 Å². The molecule has 92 valence electrons. The van der Waals surface area contributed by atoms with Crippen molar-refractivity contribution in [3.63, 3.8) is 0 Å². The molecule has 0 saturated carbocycles. The van der Waals surface area contributed by atoms with Crippen LogP contribution >= 0.6 is 28.6 Å². The highest BCUT2D eigenvalue weighted by molar-refractivity contribution is 9.10. The maximum absolute atomic E-state index is 11.7. The molecule has 17 heavy (non-hydrogen) atoms. The van der Waals surface area contributed by atoms with Crippen molar-refractivity contribution < 1.29 is 19.8 Å². The lowest BCUT2D eigenvalue weighted by Crippen LogP contribution is -2.14. The first-order valence-electron chi connectivity index (χ1n) is 4.76. The molecule has 0 bridgehead atoms. The summed E-state index contributed by atoms with van der Waals surface area (Å²) in [6.07, 6.45) is -1.68. The van der Waals surface area contributed by atoms with Crippen molar-refractivity contribution in [3.05, 3.63) is 29.3 Å². The summed E-state index contributed by atoms with van der Waals surface area (Å²) in [5.41, 5.74) is 0.447. The number of carboxylic acid groups (broad SMARTS) is 1. The molecule has 0 heterocycles. The molecule has 4 nitrogen and oxygen atoms in total. The van der Waals surface area contributed by atoms with E-state index >= 15 is 0 Å². The van der Waals surface area contributed by atoms with Gasteiger partial charge in [0, 0.05) is 16.0 Å². The van der Waals surface area contributed by atoms with Gasteiger partial charge in [0.1, 0.15) is 0 Å². The van der Waals surface area contributed by atoms with Gasteiger partial charge in [0.15, 0.2) is 11.9 Å². The molecule has 2 N–H and O–H groups in total. The molecule has 0 aliphatic carbocycles. The van der Waals surface area contributed by atoms with Gasteiger partial charge in [0.2, 0.25) is 0 Å². The zero-order valence-electron chi connectivity index (χ0n) is 8.92. The summed E-state index contributed by atoms with van der Waals surface area (Å²) in [5, 5.41) is 18.2. The zero-order chi connectivity index (χ0) is 13.2. The van der Waals surface area contributed by atoms with Crippen LogP contribution in [0.5, 0.6) is 0 Å². The molecule has 0 aliphatic rings. The van der Waals surface area contributed by atoms with Crippen LogP contribution in [0.3, 0.4) is 0 Å². The molecule has 6 heteroatoms. The second kappa shape index (κ2) is 5.66. The highest BCUT2D eigenvalue weighted by Gasteiger charge is 2.21. The van der Waals surface area contributed by atoms with E-state index in [0.717, 1.165) is 0 Å². The first kappa shape index (κ1) is 14.2. The van der Waals surface area contributed by atoms with Crippen molar-refractivity contribution in [2.24, 2.45) is 0 Å². The smallest absolute Gasteiger partial charge is 0.337 e. The molecule has 0 spiro atoms. The molecule has 2 atom stereocenters. The number of carboxylic acids is 1. The largest absolute Gasteiger partial charge is 0.479 e. The molecule has 0 aliphatic heterocycles. The molecule has 0 radical (unpaired) electrons. The number of rotatable bonds is 4. The molecule has 0 saturated heterocycles. The number of thiol groups is 1. The number of aliphatic carboxylic acids is 1. The van der Waals surface area contributed by atoms with Gasteiger partial charge in [0.25, 0.3) is 0 Å². The van der Waals surface area contributed by atoms with E-state index in [1.54, 1.807) is 13.0 Å². The average molecular weight is 319 g/mol. The predicted octanol–water partition coefficient (Wildman–Crippen LogP) is 2.06. The fraction of sp³-hybridized carbons (Fsp3) is 0.273. The van der Waals surface area contributed by atoms with E-state index in [-0.39, 0.29) is 16.2 Å². The third-order valence-electron chi connectivity index (χ3n) is 2.20. The van der Waals surface area contributed by atoms with Gasteiger partial charge in [-0.1, -0.05) is 22.0 Å². The van der Waals surface area contributed by atoms with E-state index < -0.39 is 12.1 Å². The quantitative estimate of drug-likeness (QED) is 0.451. The summed E-state index contributed by atoms with van der Waals surface area (Å²) in [6, 6.07) is 4.38. The van der Waals surface area contributed by atoms with Gasteiger partial charge in [-0.3, -0.25) is 4.79 Å². The number of hydrogen-bond acceptors (Lipinski definition) is 4. The van der Waals surface area contributed by atoms with Gasteiger partial charge in [-0.25, -0.2) is 4.79 Å². The van der Waals surface area contributed by atoms with Gasteiger partial charge < -0.3 is 10.2 Å². The molecule has 1 aromatic rings. The number of alkyl halides is 1. The van der Waals surface area contributed by atoms with Gasteiger partial charge in [-0.15, -0.1) is 12.6 Å². The van der Waals surface area contributed by atoms with E-state index in [1.807, 2.05) is 0 Å². The summed E-state index contributed by atoms with van der Waals surface area (Å²) >= 11 is 7.19. The highest BCUT2D eigenvalue weighted by Crippen LogP contribution is 2.24. The van der Waals surface area contributed by atoms with Crippen LogP contribution in [0.4, 0.5) is 0 Å². The number of ketones is 1. The monoisotopic (exact) mass is 318 g/mol. The van der Waals surface area contributed by atoms with Gasteiger partial charge in [-0.05, 0) is 19.1 Å². The van der Waals surface area contributed by atoms with Crippen molar-refractivity contribution >= 4 is 40.3 Å². The van der Waals surface area contributed by atoms with Crippen LogP contribution in [-0.2, 0) is 4.79 Å². The Hall–Kier alpha value is -0.850. The summed E-state index contributed by atoms with van der Waals surface area (Å²) < 4.78 is 0. The Morgan fingerprint density at radius 2 is 2.00 bits per heavy atom. The Bertz CT molecular complexity index is 459. The van der Waals surface area contributed by atoms with Crippen LogP contribution in [0.15, 0.2) is 23.1 Å². The lowest BCUT2D eigenvalue weighted by atomic mass is 10.0. The lowest BCUT2D eigenvalue weighted by molar-refractivity contribution is -0.147. The maximum atomic E-state index is 11.7. The summed E-state index contributed by atoms with van der Waals surface area (Å²) in [5.74, 6) is -1.56. The minimum Gasteiger partial charge on any atom is -0.479 e. The van der Waals surface area contributed by atoms with E-state index in [2.05, 4.69) is 28.6 Å². The molecule has 0 amide bonds. The number of aliphatic hydroxyl groups is 1. The number of halogens is 1. The number of aliphatic hydroxyl groups excluding tert-OH is 1. The van der Waals surface area contributed by atoms with E-state index in [9.17, 15) is 14.7 Å². The predicted molar refractivity (Wildman–Crippen MR) is 69.0 cm³/mol. The highest BCUT2D eigenvalue weighted by atomic mass is 79.9. The first-order chi connectivity index (χ1) is 7.84. The summed E-state index contributed by atoms with van der Waals surface area (Å²) in [6.45, 7) is 1.67. The van der Waals surface area contributed by atoms with Crippen LogP contribution in [0.1, 0.15) is 28.9 Å². The summed E-state index contributed by atoms with van der Waals surface area (Å²) in [7, 11) is 0. The third-order valence-corrected chi connectivity index (χ3v) is 3.02. The van der Waals surface area contributed by atoms with Crippen molar-refractivity contribution in [1.82, 2.24) is 0 Å². The van der Waals surface area contributed by atoms with Crippen molar-refractivity contribution in [3.8, 4) is 0 Å². The molecule has 1 aromatic carbocycles. The zero-order valence-corrected chi connectivity index (χ0v) is 11.4. The molecular formula is C11H11BrO4S. The van der Waals surface area contributed by atoms with Crippen LogP contribution in [0.2, 0.25) is 0 Å². The van der Waals surface area contributed by atoms with Crippen LogP contribution in [-0.4, -0.2) is 26.8 Å². The van der Waals surface area contributed by atoms with Gasteiger partial charge in [-0.2, -0.15) is 0 Å². The fourth-order valence-electron chi connectivity index (χ4n) is 1.29. The summed E-state index contributed by atoms with van der Waals surface area (Å²) in [4.78, 5) is 22.3. The van der Waals surface area contributed by atoms with Crippen LogP contribution < -0.4 is 0 Å². The Morgan fingerprint density at radius 3 is 2.47 bits per heavy atom. The second-order valence-electron chi connectivity index (χ2n) is 3.49. The van der Waals surface area contributed by atoms with E-state index in [4.69, 9.17) is 5.11 Å². The van der Waals surface area contributed by atoms with Crippen LogP contribution in [0.25, 0.3) is 0 Å². The van der Waals surface area contributed by atoms with Gasteiger partial charge >= 0.3 is 5.97 Å². The normalized spacial score (nSPS) is 14.1. The fourth-order valence-corrected chi connectivity index (χ4v) is 1.82. The molecular weight excluding hydrogens is 308 g/mol. The molecule has 0 fully saturated rings. The second-order valence-corrected chi connectivity index (χ2v) is 5.35. The maximum Gasteiger partial charge on any atom is 0.337 e.